The van der Waals surface area contributed by atoms with Crippen LogP contribution in [0.4, 0.5) is 0 Å². The molecule has 0 aliphatic carbocycles. The number of aromatic amines is 1. The lowest BCUT2D eigenvalue weighted by atomic mass is 9.13. The second kappa shape index (κ2) is 9.86. The summed E-state index contributed by atoms with van der Waals surface area (Å²) in [6.45, 7) is 0. The Hall–Kier alpha value is -3.43. The fourth-order valence-corrected chi connectivity index (χ4v) is 4.71. The molecule has 5 aromatic rings. The molecule has 30 heavy (non-hydrogen) atoms. The molecule has 5 rings (SSSR count). The van der Waals surface area contributed by atoms with Crippen molar-refractivity contribution in [2.45, 2.75) is 0 Å². The average molecular weight is 405 g/mol. The zero-order chi connectivity index (χ0) is 20.5. The molecule has 0 bridgehead atoms. The largest absolute Gasteiger partial charge is 0.222 e. The van der Waals surface area contributed by atoms with E-state index in [4.69, 9.17) is 0 Å². The predicted molar refractivity (Wildman–Crippen MR) is 131 cm³/mol. The predicted octanol–water partition coefficient (Wildman–Crippen LogP) is 3.63. The van der Waals surface area contributed by atoms with Crippen molar-refractivity contribution >= 4 is 39.3 Å². The van der Waals surface area contributed by atoms with Crippen LogP contribution in [-0.2, 0) is 0 Å². The summed E-state index contributed by atoms with van der Waals surface area (Å²) in [5.41, 5.74) is 7.27. The van der Waals surface area contributed by atoms with E-state index in [0.29, 0.717) is 0 Å². The van der Waals surface area contributed by atoms with Gasteiger partial charge in [-0.2, -0.15) is 21.9 Å². The zero-order valence-electron chi connectivity index (χ0n) is 16.8. The van der Waals surface area contributed by atoms with E-state index in [-0.39, 0.29) is 0 Å². The Morgan fingerprint density at radius 2 is 0.800 bits per heavy atom. The third-order valence-corrected chi connectivity index (χ3v) is 6.14. The molecule has 1 N–H and O–H groups in total. The van der Waals surface area contributed by atoms with E-state index >= 15 is 0 Å². The number of benzene rings is 4. The van der Waals surface area contributed by atoms with Crippen molar-refractivity contribution in [3.8, 4) is 0 Å². The van der Waals surface area contributed by atoms with Gasteiger partial charge in [0, 0.05) is 0 Å². The molecule has 0 atom stereocenters. The highest BCUT2D eigenvalue weighted by Crippen LogP contribution is 2.09. The molecule has 146 valence electrons. The van der Waals surface area contributed by atoms with Gasteiger partial charge in [0.05, 0.1) is 5.38 Å². The average Bonchev–Trinajstić information content (AvgIpc) is 3.43. The van der Waals surface area contributed by atoms with Crippen molar-refractivity contribution in [3.63, 3.8) is 0 Å². The monoisotopic (exact) mass is 405 g/mol. The van der Waals surface area contributed by atoms with Gasteiger partial charge in [-0.1, -0.05) is 133 Å². The van der Waals surface area contributed by atoms with E-state index in [0.717, 1.165) is 0 Å². The number of H-pyrrole nitrogens is 1. The summed E-state index contributed by atoms with van der Waals surface area (Å²) in [6.07, 6.45) is 0.678. The van der Waals surface area contributed by atoms with Gasteiger partial charge in [0.1, 0.15) is 6.15 Å². The summed E-state index contributed by atoms with van der Waals surface area (Å²) < 4.78 is 0. The summed E-state index contributed by atoms with van der Waals surface area (Å²) in [5.74, 6) is 0. The molecule has 0 spiro atoms. The standard InChI is InChI=1S/C24H20B.C3H3NS/c1-5-13-21(14-6-1)25(22-15-7-2-8-16-22,23-17-9-3-10-18-23)24-19-11-4-12-20-24;1-2-5-3-4-1/h1-20H;1-3H/q-1;/p+1. The maximum Gasteiger partial charge on any atom is 0.222 e. The number of nitrogens with one attached hydrogen (secondary N) is 1. The Kier molecular flexibility index (Phi) is 6.53. The van der Waals surface area contributed by atoms with Crippen LogP contribution in [0.3, 0.4) is 0 Å². The molecule has 3 heteroatoms. The fraction of sp³-hybridized carbons (Fsp3) is 0. The van der Waals surface area contributed by atoms with Gasteiger partial charge in [0.2, 0.25) is 5.51 Å². The summed E-state index contributed by atoms with van der Waals surface area (Å²) in [5, 5.41) is 1.99. The number of thiazole rings is 1. The Balaban J connectivity index is 0.000000383. The van der Waals surface area contributed by atoms with Crippen molar-refractivity contribution in [1.29, 1.82) is 0 Å². The molecule has 0 unspecified atom stereocenters. The first-order valence-corrected chi connectivity index (χ1v) is 11.1. The van der Waals surface area contributed by atoms with E-state index in [9.17, 15) is 0 Å². The van der Waals surface area contributed by atoms with Gasteiger partial charge in [-0.05, 0) is 0 Å². The topological polar surface area (TPSA) is 14.1 Å². The van der Waals surface area contributed by atoms with Gasteiger partial charge >= 0.3 is 0 Å². The molecule has 1 nitrogen and oxygen atoms in total. The first-order chi connectivity index (χ1) is 14.9. The number of hydrogen-bond acceptors (Lipinski definition) is 1. The quantitative estimate of drug-likeness (QED) is 0.406. The van der Waals surface area contributed by atoms with Crippen molar-refractivity contribution < 1.29 is 4.98 Å². The minimum absolute atomic E-state index is 1.22. The van der Waals surface area contributed by atoms with Crippen molar-refractivity contribution in [2.75, 3.05) is 0 Å². The third kappa shape index (κ3) is 4.12. The fourth-order valence-electron chi connectivity index (χ4n) is 4.32. The van der Waals surface area contributed by atoms with Gasteiger partial charge in [0.25, 0.3) is 0 Å². The van der Waals surface area contributed by atoms with Crippen LogP contribution in [0.25, 0.3) is 0 Å². The van der Waals surface area contributed by atoms with Crippen LogP contribution in [0.1, 0.15) is 0 Å². The maximum absolute atomic E-state index is 2.88. The van der Waals surface area contributed by atoms with Gasteiger partial charge in [-0.3, -0.25) is 0 Å². The van der Waals surface area contributed by atoms with Crippen LogP contribution in [0.15, 0.2) is 138 Å². The lowest BCUT2D eigenvalue weighted by Gasteiger charge is -2.44. The Morgan fingerprint density at radius 3 is 1.00 bits per heavy atom. The van der Waals surface area contributed by atoms with Crippen LogP contribution in [0.5, 0.6) is 0 Å². The summed E-state index contributed by atoms with van der Waals surface area (Å²) in [6, 6.07) is 43.5. The van der Waals surface area contributed by atoms with E-state index in [1.54, 1.807) is 11.3 Å². The van der Waals surface area contributed by atoms with Gasteiger partial charge in [-0.25, -0.2) is 4.98 Å². The normalized spacial score (nSPS) is 10.7. The van der Waals surface area contributed by atoms with E-state index in [2.05, 4.69) is 126 Å². The lowest BCUT2D eigenvalue weighted by molar-refractivity contribution is -0.370. The number of aromatic nitrogens is 1. The first kappa shape index (κ1) is 19.9. The second-order valence-electron chi connectivity index (χ2n) is 7.23. The Morgan fingerprint density at radius 1 is 0.467 bits per heavy atom. The van der Waals surface area contributed by atoms with E-state index < -0.39 is 6.15 Å². The molecule has 0 radical (unpaired) electrons. The summed E-state index contributed by atoms with van der Waals surface area (Å²) in [7, 11) is 0. The smallest absolute Gasteiger partial charge is 0.208 e. The summed E-state index contributed by atoms with van der Waals surface area (Å²) >= 11 is 1.66. The Labute approximate surface area is 182 Å². The van der Waals surface area contributed by atoms with Crippen LogP contribution in [-0.4, -0.2) is 6.15 Å². The molecule has 0 aliphatic heterocycles. The van der Waals surface area contributed by atoms with Crippen LogP contribution in [0, 0.1) is 0 Å². The highest BCUT2D eigenvalue weighted by Gasteiger charge is 2.30. The molecule has 0 amide bonds. The van der Waals surface area contributed by atoms with Gasteiger partial charge in [0.15, 0.2) is 6.20 Å². The zero-order valence-corrected chi connectivity index (χ0v) is 17.6. The van der Waals surface area contributed by atoms with Crippen molar-refractivity contribution in [3.05, 3.63) is 138 Å². The van der Waals surface area contributed by atoms with Crippen LogP contribution < -0.4 is 26.8 Å². The minimum atomic E-state index is -1.22. The summed E-state index contributed by atoms with van der Waals surface area (Å²) in [4.78, 5) is 2.88. The number of rotatable bonds is 4. The van der Waals surface area contributed by atoms with Gasteiger partial charge in [-0.15, -0.1) is 0 Å². The SMILES string of the molecule is c1ccc([B-](c2ccccc2)(c2ccccc2)c2ccccc2)cc1.c1csc[nH+]1. The highest BCUT2D eigenvalue weighted by molar-refractivity contribution is 7.19. The third-order valence-electron chi connectivity index (χ3n) is 5.58. The molecular weight excluding hydrogens is 381 g/mol. The van der Waals surface area contributed by atoms with Crippen molar-refractivity contribution in [1.82, 2.24) is 0 Å². The molecule has 1 aromatic heterocycles. The van der Waals surface area contributed by atoms with Crippen LogP contribution in [0.2, 0.25) is 0 Å². The molecular formula is C27H24BNS. The highest BCUT2D eigenvalue weighted by atomic mass is 32.1. The second-order valence-corrected chi connectivity index (χ2v) is 8.01. The molecule has 4 aromatic carbocycles. The minimum Gasteiger partial charge on any atom is -0.208 e. The molecule has 0 saturated heterocycles. The van der Waals surface area contributed by atoms with Crippen molar-refractivity contribution in [2.24, 2.45) is 0 Å². The van der Waals surface area contributed by atoms with Gasteiger partial charge < -0.3 is 0 Å². The molecule has 0 saturated carbocycles. The molecule has 0 aliphatic rings. The van der Waals surface area contributed by atoms with E-state index in [1.807, 2.05) is 17.1 Å². The maximum atomic E-state index is 2.88. The molecule has 0 fully saturated rings. The Bertz CT molecular complexity index is 932. The lowest BCUT2D eigenvalue weighted by Crippen LogP contribution is -2.74. The first-order valence-electron chi connectivity index (χ1n) is 10.2. The number of hydrogen-bond donors (Lipinski definition) is 0. The van der Waals surface area contributed by atoms with E-state index in [1.165, 1.54) is 21.9 Å². The molecule has 1 heterocycles. The van der Waals surface area contributed by atoms with Crippen LogP contribution >= 0.6 is 11.3 Å².